The Morgan fingerprint density at radius 3 is 1.49 bits per heavy atom. The summed E-state index contributed by atoms with van der Waals surface area (Å²) in [5, 5.41) is 5.66. The van der Waals surface area contributed by atoms with E-state index in [4.69, 9.17) is 15.0 Å². The van der Waals surface area contributed by atoms with Crippen molar-refractivity contribution in [2.75, 3.05) is 0 Å². The lowest BCUT2D eigenvalue weighted by Gasteiger charge is -2.12. The molecule has 0 unspecified atom stereocenters. The lowest BCUT2D eigenvalue weighted by atomic mass is 10.0. The molecule has 4 aromatic heterocycles. The predicted molar refractivity (Wildman–Crippen MR) is 228 cm³/mol. The molecule has 4 heteroatoms. The van der Waals surface area contributed by atoms with Gasteiger partial charge >= 0.3 is 0 Å². The first-order chi connectivity index (χ1) is 27.3. The predicted octanol–water partition coefficient (Wildman–Crippen LogP) is 13.1. The lowest BCUT2D eigenvalue weighted by Crippen LogP contribution is -1.96. The van der Waals surface area contributed by atoms with Gasteiger partial charge in [-0.3, -0.25) is 0 Å². The lowest BCUT2D eigenvalue weighted by molar-refractivity contribution is 1.18. The average Bonchev–Trinajstić information content (AvgIpc) is 3.62. The summed E-state index contributed by atoms with van der Waals surface area (Å²) in [7, 11) is 0. The number of hydrogen-bond donors (Lipinski definition) is 0. The number of benzene rings is 7. The van der Waals surface area contributed by atoms with Crippen LogP contribution in [0, 0.1) is 0 Å². The van der Waals surface area contributed by atoms with Crippen LogP contribution in [0.15, 0.2) is 194 Å². The highest BCUT2D eigenvalue weighted by Crippen LogP contribution is 2.41. The minimum absolute atomic E-state index is 0.914. The Balaban J connectivity index is 0.977. The third-order valence-electron chi connectivity index (χ3n) is 10.8. The molecule has 0 N–H and O–H groups in total. The van der Waals surface area contributed by atoms with Gasteiger partial charge in [0.25, 0.3) is 0 Å². The molecule has 0 aliphatic carbocycles. The van der Waals surface area contributed by atoms with Crippen molar-refractivity contribution in [3.05, 3.63) is 194 Å². The molecule has 11 rings (SSSR count). The molecule has 0 aliphatic heterocycles. The van der Waals surface area contributed by atoms with Gasteiger partial charge in [0.05, 0.1) is 44.7 Å². The van der Waals surface area contributed by atoms with Crippen LogP contribution in [0.4, 0.5) is 0 Å². The standard InChI is InChI=1S/C51H32N4/c1-3-11-35(12-4-1)43-31-27-38-23-24-39-28-32-44(53-50(39)49(38)52-43)36-21-19-33(20-22-36)34-25-29-40(30-26-34)55-46-18-10-8-16-42(46)47-48(37-13-5-2-6-14-37)54-45-17-9-7-15-41(45)51(47)55/h1-32H. The maximum atomic E-state index is 5.24. The highest BCUT2D eigenvalue weighted by molar-refractivity contribution is 6.22. The van der Waals surface area contributed by atoms with Crippen LogP contribution < -0.4 is 0 Å². The Kier molecular flexibility index (Phi) is 7.14. The van der Waals surface area contributed by atoms with Crippen molar-refractivity contribution in [1.82, 2.24) is 19.5 Å². The largest absolute Gasteiger partial charge is 0.308 e. The fraction of sp³-hybridized carbons (Fsp3) is 0. The summed E-state index contributed by atoms with van der Waals surface area (Å²) in [6, 6.07) is 68.4. The number of fused-ring (bicyclic) bond motifs is 8. The van der Waals surface area contributed by atoms with Gasteiger partial charge in [-0.15, -0.1) is 0 Å². The van der Waals surface area contributed by atoms with Gasteiger partial charge in [-0.1, -0.05) is 158 Å². The van der Waals surface area contributed by atoms with Gasteiger partial charge in [-0.25, -0.2) is 15.0 Å². The van der Waals surface area contributed by atoms with Gasteiger partial charge in [0, 0.05) is 49.3 Å². The molecule has 11 aromatic rings. The van der Waals surface area contributed by atoms with E-state index in [1.54, 1.807) is 0 Å². The van der Waals surface area contributed by atoms with Gasteiger partial charge in [0.1, 0.15) is 0 Å². The summed E-state index contributed by atoms with van der Waals surface area (Å²) in [5.74, 6) is 0. The topological polar surface area (TPSA) is 43.6 Å². The van der Waals surface area contributed by atoms with Gasteiger partial charge in [0.2, 0.25) is 0 Å². The molecule has 0 aliphatic rings. The maximum Gasteiger partial charge on any atom is 0.0972 e. The van der Waals surface area contributed by atoms with Gasteiger partial charge in [-0.05, 0) is 47.5 Å². The first-order valence-electron chi connectivity index (χ1n) is 18.6. The van der Waals surface area contributed by atoms with E-state index in [1.165, 1.54) is 16.3 Å². The Morgan fingerprint density at radius 1 is 0.345 bits per heavy atom. The second-order valence-electron chi connectivity index (χ2n) is 14.0. The van der Waals surface area contributed by atoms with Crippen LogP contribution in [0.2, 0.25) is 0 Å². The highest BCUT2D eigenvalue weighted by atomic mass is 15.0. The van der Waals surface area contributed by atoms with Crippen molar-refractivity contribution in [2.45, 2.75) is 0 Å². The number of para-hydroxylation sites is 2. The number of aromatic nitrogens is 4. The van der Waals surface area contributed by atoms with E-state index in [1.807, 2.05) is 18.2 Å². The summed E-state index contributed by atoms with van der Waals surface area (Å²) < 4.78 is 2.40. The number of rotatable bonds is 5. The zero-order valence-corrected chi connectivity index (χ0v) is 29.8. The van der Waals surface area contributed by atoms with E-state index >= 15 is 0 Å². The van der Waals surface area contributed by atoms with Crippen LogP contribution in [0.25, 0.3) is 105 Å². The van der Waals surface area contributed by atoms with Crippen molar-refractivity contribution >= 4 is 54.5 Å². The fourth-order valence-corrected chi connectivity index (χ4v) is 8.09. The summed E-state index contributed by atoms with van der Waals surface area (Å²) in [4.78, 5) is 15.5. The van der Waals surface area contributed by atoms with Crippen LogP contribution in [-0.4, -0.2) is 19.5 Å². The van der Waals surface area contributed by atoms with E-state index in [-0.39, 0.29) is 0 Å². The summed E-state index contributed by atoms with van der Waals surface area (Å²) >= 11 is 0. The van der Waals surface area contributed by atoms with E-state index < -0.39 is 0 Å². The second-order valence-corrected chi connectivity index (χ2v) is 14.0. The third-order valence-corrected chi connectivity index (χ3v) is 10.8. The Labute approximate surface area is 317 Å². The van der Waals surface area contributed by atoms with Crippen LogP contribution in [0.1, 0.15) is 0 Å². The minimum Gasteiger partial charge on any atom is -0.308 e. The minimum atomic E-state index is 0.914. The smallest absolute Gasteiger partial charge is 0.0972 e. The van der Waals surface area contributed by atoms with Crippen LogP contribution in [0.3, 0.4) is 0 Å². The molecule has 4 heterocycles. The van der Waals surface area contributed by atoms with Crippen molar-refractivity contribution in [3.63, 3.8) is 0 Å². The Bertz CT molecular complexity index is 3220. The second kappa shape index (κ2) is 12.6. The van der Waals surface area contributed by atoms with Crippen molar-refractivity contribution in [1.29, 1.82) is 0 Å². The highest BCUT2D eigenvalue weighted by Gasteiger charge is 2.20. The molecule has 0 amide bonds. The zero-order chi connectivity index (χ0) is 36.3. The quantitative estimate of drug-likeness (QED) is 0.168. The monoisotopic (exact) mass is 700 g/mol. The number of hydrogen-bond acceptors (Lipinski definition) is 3. The SMILES string of the molecule is c1ccc(-c2ccc3ccc4ccc(-c5ccc(-c6ccc(-n7c8ccccc8c8c(-c9ccccc9)nc9ccccc9c87)cc6)cc5)nc4c3n2)cc1. The van der Waals surface area contributed by atoms with Gasteiger partial charge in [-0.2, -0.15) is 0 Å². The number of nitrogens with zero attached hydrogens (tertiary/aromatic N) is 4. The van der Waals surface area contributed by atoms with Gasteiger partial charge in [0.15, 0.2) is 0 Å². The molecule has 55 heavy (non-hydrogen) atoms. The maximum absolute atomic E-state index is 5.24. The summed E-state index contributed by atoms with van der Waals surface area (Å²) in [5.41, 5.74) is 14.7. The van der Waals surface area contributed by atoms with E-state index in [0.717, 1.165) is 88.8 Å². The molecular formula is C51H32N4. The third kappa shape index (κ3) is 5.19. The van der Waals surface area contributed by atoms with Crippen molar-refractivity contribution in [3.8, 4) is 50.6 Å². The molecule has 4 nitrogen and oxygen atoms in total. The van der Waals surface area contributed by atoms with Crippen LogP contribution in [0.5, 0.6) is 0 Å². The molecule has 0 fully saturated rings. The summed E-state index contributed by atoms with van der Waals surface area (Å²) in [6.07, 6.45) is 0. The number of pyridine rings is 3. The zero-order valence-electron chi connectivity index (χ0n) is 29.8. The summed E-state index contributed by atoms with van der Waals surface area (Å²) in [6.45, 7) is 0. The first-order valence-corrected chi connectivity index (χ1v) is 18.6. The average molecular weight is 701 g/mol. The first kappa shape index (κ1) is 31.1. The molecule has 0 spiro atoms. The molecular weight excluding hydrogens is 669 g/mol. The van der Waals surface area contributed by atoms with Crippen molar-refractivity contribution in [2.24, 2.45) is 0 Å². The van der Waals surface area contributed by atoms with Crippen LogP contribution in [-0.2, 0) is 0 Å². The molecule has 0 saturated heterocycles. The van der Waals surface area contributed by atoms with Gasteiger partial charge < -0.3 is 4.57 Å². The molecule has 0 radical (unpaired) electrons. The molecule has 256 valence electrons. The fourth-order valence-electron chi connectivity index (χ4n) is 8.09. The Morgan fingerprint density at radius 2 is 0.836 bits per heavy atom. The molecule has 0 bridgehead atoms. The normalized spacial score (nSPS) is 11.6. The Hall–Kier alpha value is -7.43. The van der Waals surface area contributed by atoms with E-state index in [0.29, 0.717) is 0 Å². The molecule has 0 saturated carbocycles. The molecule has 7 aromatic carbocycles. The van der Waals surface area contributed by atoms with E-state index in [9.17, 15) is 0 Å². The van der Waals surface area contributed by atoms with Crippen molar-refractivity contribution < 1.29 is 0 Å². The molecule has 0 atom stereocenters. The van der Waals surface area contributed by atoms with E-state index in [2.05, 4.69) is 180 Å². The van der Waals surface area contributed by atoms with Crippen LogP contribution >= 0.6 is 0 Å².